The fourth-order valence-corrected chi connectivity index (χ4v) is 2.81. The minimum absolute atomic E-state index is 0.264. The predicted molar refractivity (Wildman–Crippen MR) is 76.6 cm³/mol. The number of hydrogen-bond donors (Lipinski definition) is 2. The molecule has 1 aliphatic carbocycles. The van der Waals surface area contributed by atoms with Crippen molar-refractivity contribution < 1.29 is 14.3 Å². The van der Waals surface area contributed by atoms with E-state index >= 15 is 0 Å². The summed E-state index contributed by atoms with van der Waals surface area (Å²) < 4.78 is 5.51. The van der Waals surface area contributed by atoms with Crippen molar-refractivity contribution >= 4 is 16.9 Å². The first kappa shape index (κ1) is 13.2. The van der Waals surface area contributed by atoms with Crippen molar-refractivity contribution in [3.63, 3.8) is 0 Å². The number of para-hydroxylation sites is 1. The van der Waals surface area contributed by atoms with E-state index in [2.05, 4.69) is 5.32 Å². The molecule has 1 heterocycles. The molecule has 0 saturated heterocycles. The van der Waals surface area contributed by atoms with Gasteiger partial charge in [0.25, 0.3) is 5.91 Å². The average Bonchev–Trinajstić information content (AvgIpc) is 2.89. The second-order valence-electron chi connectivity index (χ2n) is 5.62. The molecule has 0 unspecified atom stereocenters. The average molecular weight is 273 g/mol. The lowest BCUT2D eigenvalue weighted by atomic mass is 9.85. The quantitative estimate of drug-likeness (QED) is 0.904. The zero-order valence-corrected chi connectivity index (χ0v) is 11.4. The van der Waals surface area contributed by atoms with Gasteiger partial charge in [-0.1, -0.05) is 37.5 Å². The van der Waals surface area contributed by atoms with Crippen LogP contribution in [0.1, 0.15) is 42.7 Å². The van der Waals surface area contributed by atoms with Gasteiger partial charge in [-0.05, 0) is 25.0 Å². The van der Waals surface area contributed by atoms with Crippen LogP contribution in [0, 0.1) is 0 Å². The molecule has 3 rings (SSSR count). The molecule has 1 aromatic heterocycles. The lowest BCUT2D eigenvalue weighted by Crippen LogP contribution is -2.44. The molecule has 4 nitrogen and oxygen atoms in total. The van der Waals surface area contributed by atoms with Gasteiger partial charge in [-0.3, -0.25) is 4.79 Å². The first-order valence-corrected chi connectivity index (χ1v) is 7.15. The summed E-state index contributed by atoms with van der Waals surface area (Å²) in [5.74, 6) is 0.0332. The Bertz CT molecular complexity index is 578. The summed E-state index contributed by atoms with van der Waals surface area (Å²) in [6, 6.07) is 9.25. The highest BCUT2D eigenvalue weighted by Gasteiger charge is 2.29. The molecule has 1 amide bonds. The van der Waals surface area contributed by atoms with Crippen LogP contribution in [0.5, 0.6) is 0 Å². The van der Waals surface area contributed by atoms with Crippen LogP contribution in [0.4, 0.5) is 0 Å². The Hall–Kier alpha value is -1.81. The zero-order chi connectivity index (χ0) is 14.0. The Morgan fingerprint density at radius 3 is 2.75 bits per heavy atom. The molecule has 1 fully saturated rings. The van der Waals surface area contributed by atoms with Crippen LogP contribution in [-0.2, 0) is 0 Å². The van der Waals surface area contributed by atoms with Gasteiger partial charge in [0.05, 0.1) is 5.60 Å². The van der Waals surface area contributed by atoms with Crippen molar-refractivity contribution in [2.45, 2.75) is 37.7 Å². The van der Waals surface area contributed by atoms with Gasteiger partial charge in [0.15, 0.2) is 5.76 Å². The van der Waals surface area contributed by atoms with E-state index in [-0.39, 0.29) is 5.91 Å². The van der Waals surface area contributed by atoms with E-state index in [1.807, 2.05) is 24.3 Å². The molecule has 2 N–H and O–H groups in total. The maximum Gasteiger partial charge on any atom is 0.287 e. The van der Waals surface area contributed by atoms with E-state index in [1.54, 1.807) is 6.07 Å². The van der Waals surface area contributed by atoms with Crippen LogP contribution in [0.15, 0.2) is 34.7 Å². The molecule has 20 heavy (non-hydrogen) atoms. The maximum atomic E-state index is 12.1. The summed E-state index contributed by atoms with van der Waals surface area (Å²) in [6.45, 7) is 0.295. The molecule has 0 radical (unpaired) electrons. The maximum absolute atomic E-state index is 12.1. The lowest BCUT2D eigenvalue weighted by Gasteiger charge is -2.31. The second kappa shape index (κ2) is 5.29. The molecule has 0 bridgehead atoms. The molecule has 4 heteroatoms. The van der Waals surface area contributed by atoms with Crippen molar-refractivity contribution in [1.29, 1.82) is 0 Å². The van der Waals surface area contributed by atoms with Gasteiger partial charge in [-0.25, -0.2) is 0 Å². The van der Waals surface area contributed by atoms with E-state index in [4.69, 9.17) is 4.42 Å². The topological polar surface area (TPSA) is 62.5 Å². The van der Waals surface area contributed by atoms with Gasteiger partial charge >= 0.3 is 0 Å². The Balaban J connectivity index is 1.66. The number of hydrogen-bond acceptors (Lipinski definition) is 3. The van der Waals surface area contributed by atoms with Crippen LogP contribution in [-0.4, -0.2) is 23.2 Å². The number of furan rings is 1. The Labute approximate surface area is 117 Å². The monoisotopic (exact) mass is 273 g/mol. The van der Waals surface area contributed by atoms with Crippen molar-refractivity contribution in [2.75, 3.05) is 6.54 Å². The summed E-state index contributed by atoms with van der Waals surface area (Å²) in [7, 11) is 0. The second-order valence-corrected chi connectivity index (χ2v) is 5.62. The van der Waals surface area contributed by atoms with E-state index < -0.39 is 5.60 Å². The Morgan fingerprint density at radius 1 is 1.25 bits per heavy atom. The van der Waals surface area contributed by atoms with Crippen LogP contribution in [0.3, 0.4) is 0 Å². The third kappa shape index (κ3) is 2.70. The van der Waals surface area contributed by atoms with Gasteiger partial charge in [-0.2, -0.15) is 0 Å². The molecule has 0 atom stereocenters. The van der Waals surface area contributed by atoms with E-state index in [9.17, 15) is 9.90 Å². The molecule has 106 valence electrons. The molecule has 1 aromatic carbocycles. The molecule has 2 aromatic rings. The number of aliphatic hydroxyl groups is 1. The van der Waals surface area contributed by atoms with Gasteiger partial charge in [0.1, 0.15) is 5.58 Å². The van der Waals surface area contributed by atoms with E-state index in [0.717, 1.165) is 31.1 Å². The molecular weight excluding hydrogens is 254 g/mol. The lowest BCUT2D eigenvalue weighted by molar-refractivity contribution is 0.00504. The first-order valence-electron chi connectivity index (χ1n) is 7.15. The number of amides is 1. The van der Waals surface area contributed by atoms with Crippen molar-refractivity contribution in [2.24, 2.45) is 0 Å². The van der Waals surface area contributed by atoms with Crippen molar-refractivity contribution in [1.82, 2.24) is 5.32 Å². The Kier molecular flexibility index (Phi) is 3.49. The predicted octanol–water partition coefficient (Wildman–Crippen LogP) is 2.86. The van der Waals surface area contributed by atoms with Crippen LogP contribution < -0.4 is 5.32 Å². The number of rotatable bonds is 3. The summed E-state index contributed by atoms with van der Waals surface area (Å²) in [6.07, 6.45) is 4.73. The molecular formula is C16H19NO3. The number of fused-ring (bicyclic) bond motifs is 1. The van der Waals surface area contributed by atoms with Crippen LogP contribution in [0.25, 0.3) is 11.0 Å². The highest BCUT2D eigenvalue weighted by Crippen LogP contribution is 2.27. The third-order valence-corrected chi connectivity index (χ3v) is 4.01. The van der Waals surface area contributed by atoms with Gasteiger partial charge in [0.2, 0.25) is 0 Å². The van der Waals surface area contributed by atoms with Crippen molar-refractivity contribution in [3.05, 3.63) is 36.1 Å². The minimum Gasteiger partial charge on any atom is -0.451 e. The molecule has 1 saturated carbocycles. The number of carbonyl (C=O) groups excluding carboxylic acids is 1. The SMILES string of the molecule is O=C(NCC1(O)CCCCC1)c1cc2ccccc2o1. The smallest absolute Gasteiger partial charge is 0.287 e. The molecule has 0 aliphatic heterocycles. The fourth-order valence-electron chi connectivity index (χ4n) is 2.81. The normalized spacial score (nSPS) is 18.1. The first-order chi connectivity index (χ1) is 9.66. The van der Waals surface area contributed by atoms with Gasteiger partial charge in [0, 0.05) is 11.9 Å². The Morgan fingerprint density at radius 2 is 2.00 bits per heavy atom. The van der Waals surface area contributed by atoms with Crippen LogP contribution >= 0.6 is 0 Å². The fraction of sp³-hybridized carbons (Fsp3) is 0.438. The highest BCUT2D eigenvalue weighted by atomic mass is 16.3. The van der Waals surface area contributed by atoms with E-state index in [1.165, 1.54) is 6.42 Å². The standard InChI is InChI=1S/C16H19NO3/c18-15(17-11-16(19)8-4-1-5-9-16)14-10-12-6-2-3-7-13(12)20-14/h2-3,6-7,10,19H,1,4-5,8-9,11H2,(H,17,18). The van der Waals surface area contributed by atoms with E-state index in [0.29, 0.717) is 17.9 Å². The number of benzene rings is 1. The molecule has 0 spiro atoms. The largest absolute Gasteiger partial charge is 0.451 e. The summed E-state index contributed by atoms with van der Waals surface area (Å²) in [4.78, 5) is 12.1. The van der Waals surface area contributed by atoms with Crippen LogP contribution in [0.2, 0.25) is 0 Å². The molecule has 1 aliphatic rings. The minimum atomic E-state index is -0.750. The van der Waals surface area contributed by atoms with Gasteiger partial charge < -0.3 is 14.8 Å². The summed E-state index contributed by atoms with van der Waals surface area (Å²) in [5, 5.41) is 14.1. The summed E-state index contributed by atoms with van der Waals surface area (Å²) >= 11 is 0. The van der Waals surface area contributed by atoms with Gasteiger partial charge in [-0.15, -0.1) is 0 Å². The number of nitrogens with one attached hydrogen (secondary N) is 1. The zero-order valence-electron chi connectivity index (χ0n) is 11.4. The summed E-state index contributed by atoms with van der Waals surface area (Å²) in [5.41, 5.74) is -0.0473. The number of carbonyl (C=O) groups is 1. The third-order valence-electron chi connectivity index (χ3n) is 4.01. The van der Waals surface area contributed by atoms with Crippen molar-refractivity contribution in [3.8, 4) is 0 Å². The highest BCUT2D eigenvalue weighted by molar-refractivity contribution is 5.96.